The van der Waals surface area contributed by atoms with Crippen molar-refractivity contribution in [2.75, 3.05) is 18.0 Å². The average Bonchev–Trinajstić information content (AvgIpc) is 2.35. The van der Waals surface area contributed by atoms with E-state index in [0.717, 1.165) is 31.0 Å². The fourth-order valence-corrected chi connectivity index (χ4v) is 1.45. The lowest BCUT2D eigenvalue weighted by Gasteiger charge is -2.23. The third-order valence-electron chi connectivity index (χ3n) is 2.77. The number of anilines is 1. The summed E-state index contributed by atoms with van der Waals surface area (Å²) in [6.45, 7) is 8.40. The van der Waals surface area contributed by atoms with E-state index in [4.69, 9.17) is 5.11 Å². The first-order valence-electron chi connectivity index (χ1n) is 5.87. The number of hydrogen-bond acceptors (Lipinski definition) is 4. The molecule has 1 rings (SSSR count). The van der Waals surface area contributed by atoms with Crippen LogP contribution < -0.4 is 4.90 Å². The van der Waals surface area contributed by atoms with E-state index in [0.29, 0.717) is 5.92 Å². The summed E-state index contributed by atoms with van der Waals surface area (Å²) in [5.41, 5.74) is 0.753. The summed E-state index contributed by atoms with van der Waals surface area (Å²) in [4.78, 5) is 10.7. The van der Waals surface area contributed by atoms with E-state index in [1.165, 1.54) is 0 Å². The molecule has 1 aromatic rings. The molecule has 90 valence electrons. The molecule has 1 heterocycles. The summed E-state index contributed by atoms with van der Waals surface area (Å²) in [7, 11) is 0. The summed E-state index contributed by atoms with van der Waals surface area (Å²) in [6.07, 6.45) is 4.52. The molecule has 0 aliphatic carbocycles. The predicted molar refractivity (Wildman–Crippen MR) is 65.3 cm³/mol. The molecule has 0 radical (unpaired) electrons. The largest absolute Gasteiger partial charge is 0.392 e. The summed E-state index contributed by atoms with van der Waals surface area (Å²) < 4.78 is 0. The fourth-order valence-electron chi connectivity index (χ4n) is 1.45. The van der Waals surface area contributed by atoms with Gasteiger partial charge in [0, 0.05) is 31.0 Å². The van der Waals surface area contributed by atoms with Crippen molar-refractivity contribution in [2.45, 2.75) is 33.8 Å². The lowest BCUT2D eigenvalue weighted by molar-refractivity contribution is 0.281. The number of aliphatic hydroxyl groups is 1. The maximum Gasteiger partial charge on any atom is 0.225 e. The van der Waals surface area contributed by atoms with Gasteiger partial charge in [0.15, 0.2) is 0 Å². The summed E-state index contributed by atoms with van der Waals surface area (Å²) in [5, 5.41) is 8.91. The van der Waals surface area contributed by atoms with E-state index >= 15 is 0 Å². The standard InChI is InChI=1S/C12H21N3O/c1-4-10(3)8-15(5-2)12-13-6-11(9-16)7-14-12/h6-7,10,16H,4-5,8-9H2,1-3H3. The number of aliphatic hydroxyl groups excluding tert-OH is 1. The van der Waals surface area contributed by atoms with Crippen LogP contribution in [0, 0.1) is 5.92 Å². The van der Waals surface area contributed by atoms with Gasteiger partial charge in [-0.25, -0.2) is 9.97 Å². The van der Waals surface area contributed by atoms with Gasteiger partial charge in [0.2, 0.25) is 5.95 Å². The summed E-state index contributed by atoms with van der Waals surface area (Å²) >= 11 is 0. The van der Waals surface area contributed by atoms with Crippen molar-refractivity contribution in [3.8, 4) is 0 Å². The van der Waals surface area contributed by atoms with E-state index in [1.807, 2.05) is 0 Å². The van der Waals surface area contributed by atoms with Crippen LogP contribution in [0.15, 0.2) is 12.4 Å². The second-order valence-corrected chi connectivity index (χ2v) is 4.10. The highest BCUT2D eigenvalue weighted by Gasteiger charge is 2.10. The van der Waals surface area contributed by atoms with E-state index < -0.39 is 0 Å². The summed E-state index contributed by atoms with van der Waals surface area (Å²) in [5.74, 6) is 1.39. The van der Waals surface area contributed by atoms with Crippen molar-refractivity contribution < 1.29 is 5.11 Å². The Labute approximate surface area is 97.3 Å². The molecule has 0 aliphatic rings. The average molecular weight is 223 g/mol. The second kappa shape index (κ2) is 6.43. The highest BCUT2D eigenvalue weighted by Crippen LogP contribution is 2.11. The number of rotatable bonds is 6. The molecule has 0 bridgehead atoms. The SMILES string of the molecule is CCC(C)CN(CC)c1ncc(CO)cn1. The van der Waals surface area contributed by atoms with E-state index in [-0.39, 0.29) is 6.61 Å². The Kier molecular flexibility index (Phi) is 5.19. The molecule has 0 saturated heterocycles. The van der Waals surface area contributed by atoms with Gasteiger partial charge in [0.1, 0.15) is 0 Å². The highest BCUT2D eigenvalue weighted by molar-refractivity contribution is 5.29. The molecule has 1 N–H and O–H groups in total. The van der Waals surface area contributed by atoms with Gasteiger partial charge in [0.25, 0.3) is 0 Å². The Hall–Kier alpha value is -1.16. The predicted octanol–water partition coefficient (Wildman–Crippen LogP) is 1.84. The van der Waals surface area contributed by atoms with Gasteiger partial charge in [-0.15, -0.1) is 0 Å². The third-order valence-corrected chi connectivity index (χ3v) is 2.77. The van der Waals surface area contributed by atoms with Gasteiger partial charge in [0.05, 0.1) is 6.61 Å². The number of nitrogens with zero attached hydrogens (tertiary/aromatic N) is 3. The van der Waals surface area contributed by atoms with E-state index in [2.05, 4.69) is 35.6 Å². The molecule has 0 saturated carbocycles. The molecule has 16 heavy (non-hydrogen) atoms. The van der Waals surface area contributed by atoms with E-state index in [1.54, 1.807) is 12.4 Å². The van der Waals surface area contributed by atoms with Crippen LogP contribution in [0.2, 0.25) is 0 Å². The molecular formula is C12H21N3O. The minimum absolute atomic E-state index is 0.00221. The Morgan fingerprint density at radius 3 is 2.38 bits per heavy atom. The molecule has 1 aromatic heterocycles. The number of hydrogen-bond donors (Lipinski definition) is 1. The Morgan fingerprint density at radius 1 is 1.31 bits per heavy atom. The van der Waals surface area contributed by atoms with Crippen LogP contribution in [0.3, 0.4) is 0 Å². The molecule has 0 aliphatic heterocycles. The zero-order valence-electron chi connectivity index (χ0n) is 10.3. The maximum absolute atomic E-state index is 8.91. The van der Waals surface area contributed by atoms with Crippen LogP contribution >= 0.6 is 0 Å². The first-order valence-corrected chi connectivity index (χ1v) is 5.87. The molecule has 1 unspecified atom stereocenters. The van der Waals surface area contributed by atoms with Gasteiger partial charge in [-0.05, 0) is 12.8 Å². The molecule has 0 aromatic carbocycles. The number of aromatic nitrogens is 2. The normalized spacial score (nSPS) is 12.5. The second-order valence-electron chi connectivity index (χ2n) is 4.10. The maximum atomic E-state index is 8.91. The Morgan fingerprint density at radius 2 is 1.94 bits per heavy atom. The first kappa shape index (κ1) is 12.9. The van der Waals surface area contributed by atoms with Crippen molar-refractivity contribution in [1.29, 1.82) is 0 Å². The third kappa shape index (κ3) is 3.45. The van der Waals surface area contributed by atoms with Crippen LogP contribution in [0.1, 0.15) is 32.8 Å². The van der Waals surface area contributed by atoms with Crippen LogP contribution in [-0.4, -0.2) is 28.2 Å². The van der Waals surface area contributed by atoms with Crippen molar-refractivity contribution in [1.82, 2.24) is 9.97 Å². The Bertz CT molecular complexity index is 300. The fraction of sp³-hybridized carbons (Fsp3) is 0.667. The minimum atomic E-state index is -0.00221. The molecular weight excluding hydrogens is 202 g/mol. The van der Waals surface area contributed by atoms with Crippen molar-refractivity contribution in [2.24, 2.45) is 5.92 Å². The van der Waals surface area contributed by atoms with E-state index in [9.17, 15) is 0 Å². The molecule has 4 heteroatoms. The minimum Gasteiger partial charge on any atom is -0.392 e. The zero-order valence-corrected chi connectivity index (χ0v) is 10.3. The summed E-state index contributed by atoms with van der Waals surface area (Å²) in [6, 6.07) is 0. The van der Waals surface area contributed by atoms with Crippen molar-refractivity contribution in [3.63, 3.8) is 0 Å². The van der Waals surface area contributed by atoms with Crippen molar-refractivity contribution in [3.05, 3.63) is 18.0 Å². The van der Waals surface area contributed by atoms with Gasteiger partial charge < -0.3 is 10.0 Å². The van der Waals surface area contributed by atoms with Gasteiger partial charge in [-0.2, -0.15) is 0 Å². The van der Waals surface area contributed by atoms with Crippen LogP contribution in [0.25, 0.3) is 0 Å². The van der Waals surface area contributed by atoms with Gasteiger partial charge in [-0.3, -0.25) is 0 Å². The monoisotopic (exact) mass is 223 g/mol. The Balaban J connectivity index is 2.70. The molecule has 4 nitrogen and oxygen atoms in total. The van der Waals surface area contributed by atoms with Crippen LogP contribution in [0.4, 0.5) is 5.95 Å². The molecule has 0 fully saturated rings. The van der Waals surface area contributed by atoms with Crippen LogP contribution in [0.5, 0.6) is 0 Å². The van der Waals surface area contributed by atoms with Gasteiger partial charge >= 0.3 is 0 Å². The molecule has 0 amide bonds. The zero-order chi connectivity index (χ0) is 12.0. The van der Waals surface area contributed by atoms with Crippen LogP contribution in [-0.2, 0) is 6.61 Å². The lowest BCUT2D eigenvalue weighted by Crippen LogP contribution is -2.29. The quantitative estimate of drug-likeness (QED) is 0.799. The topological polar surface area (TPSA) is 49.2 Å². The lowest BCUT2D eigenvalue weighted by atomic mass is 10.1. The molecule has 1 atom stereocenters. The smallest absolute Gasteiger partial charge is 0.225 e. The highest BCUT2D eigenvalue weighted by atomic mass is 16.3. The first-order chi connectivity index (χ1) is 7.71. The van der Waals surface area contributed by atoms with Crippen molar-refractivity contribution >= 4 is 5.95 Å². The molecule has 0 spiro atoms. The van der Waals surface area contributed by atoms with Gasteiger partial charge in [-0.1, -0.05) is 20.3 Å².